The summed E-state index contributed by atoms with van der Waals surface area (Å²) >= 11 is 0. The van der Waals surface area contributed by atoms with Crippen molar-refractivity contribution in [2.75, 3.05) is 13.2 Å². The first-order valence-electron chi connectivity index (χ1n) is 4.48. The third-order valence-electron chi connectivity index (χ3n) is 1.56. The van der Waals surface area contributed by atoms with Crippen molar-refractivity contribution in [2.45, 2.75) is 25.8 Å². The fourth-order valence-corrected chi connectivity index (χ4v) is 0.715. The molecule has 0 saturated heterocycles. The summed E-state index contributed by atoms with van der Waals surface area (Å²) in [5, 5.41) is 10.7. The van der Waals surface area contributed by atoms with Gasteiger partial charge in [-0.15, -0.1) is 12.4 Å². The summed E-state index contributed by atoms with van der Waals surface area (Å²) in [5.74, 6) is -1.17. The summed E-state index contributed by atoms with van der Waals surface area (Å²) in [4.78, 5) is 21.4. The Morgan fingerprint density at radius 1 is 1.53 bits per heavy atom. The highest BCUT2D eigenvalue weighted by Crippen LogP contribution is 1.89. The van der Waals surface area contributed by atoms with Gasteiger partial charge in [0.15, 0.2) is 0 Å². The second-order valence-corrected chi connectivity index (χ2v) is 2.76. The number of rotatable bonds is 6. The molecule has 4 N–H and O–H groups in total. The van der Waals surface area contributed by atoms with Crippen molar-refractivity contribution in [3.05, 3.63) is 0 Å². The predicted octanol–water partition coefficient (Wildman–Crippen LogP) is 0.346. The summed E-state index contributed by atoms with van der Waals surface area (Å²) in [6.07, 6.45) is 0.927. The van der Waals surface area contributed by atoms with E-state index in [2.05, 4.69) is 5.32 Å². The molecule has 6 nitrogen and oxygen atoms in total. The normalized spacial score (nSPS) is 11.1. The number of ether oxygens (including phenoxy) is 1. The van der Waals surface area contributed by atoms with Crippen LogP contribution < -0.4 is 11.1 Å². The molecular weight excluding hydrogens is 224 g/mol. The number of aliphatic carboxylic acids is 1. The number of nitrogens with two attached hydrogens (primary N) is 1. The number of halogens is 1. The molecule has 0 radical (unpaired) electrons. The third-order valence-corrected chi connectivity index (χ3v) is 1.56. The van der Waals surface area contributed by atoms with Gasteiger partial charge in [-0.1, -0.05) is 13.3 Å². The maximum atomic E-state index is 10.9. The van der Waals surface area contributed by atoms with Crippen molar-refractivity contribution >= 4 is 24.5 Å². The Bertz CT molecular complexity index is 201. The highest BCUT2D eigenvalue weighted by molar-refractivity contribution is 5.85. The molecule has 0 aliphatic heterocycles. The summed E-state index contributed by atoms with van der Waals surface area (Å²) in [7, 11) is 0. The Morgan fingerprint density at radius 3 is 2.53 bits per heavy atom. The quantitative estimate of drug-likeness (QED) is 0.582. The van der Waals surface area contributed by atoms with Gasteiger partial charge in [0.1, 0.15) is 6.04 Å². The first-order valence-corrected chi connectivity index (χ1v) is 4.48. The van der Waals surface area contributed by atoms with Gasteiger partial charge in [0.25, 0.3) is 0 Å². The topological polar surface area (TPSA) is 102 Å². The highest BCUT2D eigenvalue weighted by atomic mass is 35.5. The molecule has 90 valence electrons. The molecule has 0 aromatic heterocycles. The van der Waals surface area contributed by atoms with Gasteiger partial charge in [-0.05, 0) is 6.42 Å². The molecule has 0 unspecified atom stereocenters. The van der Waals surface area contributed by atoms with Crippen LogP contribution in [-0.2, 0) is 9.53 Å². The first kappa shape index (κ1) is 16.4. The van der Waals surface area contributed by atoms with Crippen molar-refractivity contribution in [1.29, 1.82) is 0 Å². The van der Waals surface area contributed by atoms with Crippen LogP contribution in [0.4, 0.5) is 4.79 Å². The van der Waals surface area contributed by atoms with Gasteiger partial charge in [-0.2, -0.15) is 0 Å². The SMILES string of the molecule is CCCCOC(=O)N[C@@H](CN)C(=O)O.Cl. The van der Waals surface area contributed by atoms with Crippen LogP contribution in [0.2, 0.25) is 0 Å². The van der Waals surface area contributed by atoms with E-state index in [1.165, 1.54) is 0 Å². The Morgan fingerprint density at radius 2 is 2.13 bits per heavy atom. The molecule has 1 atom stereocenters. The number of unbranched alkanes of at least 4 members (excludes halogenated alkanes) is 1. The van der Waals surface area contributed by atoms with Crippen molar-refractivity contribution < 1.29 is 19.4 Å². The van der Waals surface area contributed by atoms with E-state index in [1.54, 1.807) is 0 Å². The Balaban J connectivity index is 0. The van der Waals surface area contributed by atoms with Crippen LogP contribution in [0.1, 0.15) is 19.8 Å². The molecule has 0 fully saturated rings. The molecule has 0 aromatic carbocycles. The maximum Gasteiger partial charge on any atom is 0.407 e. The number of carbonyl (C=O) groups is 2. The number of hydrogen-bond donors (Lipinski definition) is 3. The number of carboxylic acids is 1. The summed E-state index contributed by atoms with van der Waals surface area (Å²) in [5.41, 5.74) is 5.13. The van der Waals surface area contributed by atoms with Crippen LogP contribution in [0.5, 0.6) is 0 Å². The monoisotopic (exact) mass is 240 g/mol. The Hall–Kier alpha value is -1.01. The lowest BCUT2D eigenvalue weighted by molar-refractivity contribution is -0.139. The number of hydrogen-bond acceptors (Lipinski definition) is 4. The average molecular weight is 241 g/mol. The molecule has 0 rings (SSSR count). The van der Waals surface area contributed by atoms with Crippen molar-refractivity contribution in [1.82, 2.24) is 5.32 Å². The van der Waals surface area contributed by atoms with Gasteiger partial charge < -0.3 is 20.9 Å². The number of carboxylic acid groups (broad SMARTS) is 1. The van der Waals surface area contributed by atoms with Crippen LogP contribution in [0.3, 0.4) is 0 Å². The molecule has 0 saturated carbocycles. The van der Waals surface area contributed by atoms with E-state index < -0.39 is 18.1 Å². The Labute approximate surface area is 94.6 Å². The van der Waals surface area contributed by atoms with E-state index in [-0.39, 0.29) is 19.0 Å². The smallest absolute Gasteiger partial charge is 0.407 e. The van der Waals surface area contributed by atoms with Gasteiger partial charge in [-0.3, -0.25) is 0 Å². The van der Waals surface area contributed by atoms with Crippen LogP contribution in [-0.4, -0.2) is 36.4 Å². The number of amides is 1. The lowest BCUT2D eigenvalue weighted by Gasteiger charge is -2.11. The second kappa shape index (κ2) is 9.54. The van der Waals surface area contributed by atoms with Gasteiger partial charge in [0.05, 0.1) is 6.61 Å². The highest BCUT2D eigenvalue weighted by Gasteiger charge is 2.18. The average Bonchev–Trinajstić information content (AvgIpc) is 2.14. The molecule has 1 amide bonds. The van der Waals surface area contributed by atoms with E-state index in [9.17, 15) is 9.59 Å². The molecule has 7 heteroatoms. The van der Waals surface area contributed by atoms with Gasteiger partial charge in [0.2, 0.25) is 0 Å². The lowest BCUT2D eigenvalue weighted by atomic mass is 10.3. The second-order valence-electron chi connectivity index (χ2n) is 2.76. The predicted molar refractivity (Wildman–Crippen MR) is 57.1 cm³/mol. The number of alkyl carbamates (subject to hydrolysis) is 1. The van der Waals surface area contributed by atoms with Crippen LogP contribution in [0, 0.1) is 0 Å². The zero-order chi connectivity index (χ0) is 11.0. The van der Waals surface area contributed by atoms with Crippen LogP contribution >= 0.6 is 12.4 Å². The molecule has 0 spiro atoms. The van der Waals surface area contributed by atoms with E-state index >= 15 is 0 Å². The third kappa shape index (κ3) is 8.02. The molecular formula is C8H17ClN2O4. The van der Waals surface area contributed by atoms with Crippen molar-refractivity contribution in [3.63, 3.8) is 0 Å². The van der Waals surface area contributed by atoms with E-state index in [0.717, 1.165) is 12.8 Å². The molecule has 0 heterocycles. The molecule has 15 heavy (non-hydrogen) atoms. The largest absolute Gasteiger partial charge is 0.480 e. The molecule has 0 bridgehead atoms. The minimum atomic E-state index is -1.17. The molecule has 0 aliphatic rings. The van der Waals surface area contributed by atoms with Crippen LogP contribution in [0.15, 0.2) is 0 Å². The van der Waals surface area contributed by atoms with Crippen molar-refractivity contribution in [3.8, 4) is 0 Å². The summed E-state index contributed by atoms with van der Waals surface area (Å²) < 4.78 is 4.70. The fraction of sp³-hybridized carbons (Fsp3) is 0.750. The standard InChI is InChI=1S/C8H16N2O4.ClH/c1-2-3-4-14-8(13)10-6(5-9)7(11)12;/h6H,2-5,9H2,1H3,(H,10,13)(H,11,12);1H/t6-;/m0./s1. The summed E-state index contributed by atoms with van der Waals surface area (Å²) in [6.45, 7) is 2.10. The van der Waals surface area contributed by atoms with E-state index in [0.29, 0.717) is 6.61 Å². The minimum absolute atomic E-state index is 0. The zero-order valence-corrected chi connectivity index (χ0v) is 9.38. The number of nitrogens with one attached hydrogen (secondary N) is 1. The van der Waals surface area contributed by atoms with Gasteiger partial charge in [-0.25, -0.2) is 9.59 Å². The van der Waals surface area contributed by atoms with Gasteiger partial charge in [0, 0.05) is 6.54 Å². The van der Waals surface area contributed by atoms with E-state index in [4.69, 9.17) is 15.6 Å². The summed E-state index contributed by atoms with van der Waals surface area (Å²) in [6, 6.07) is -1.08. The van der Waals surface area contributed by atoms with Crippen molar-refractivity contribution in [2.24, 2.45) is 5.73 Å². The fourth-order valence-electron chi connectivity index (χ4n) is 0.715. The molecule has 0 aromatic rings. The minimum Gasteiger partial charge on any atom is -0.480 e. The number of carbonyl (C=O) groups excluding carboxylic acids is 1. The zero-order valence-electron chi connectivity index (χ0n) is 8.56. The van der Waals surface area contributed by atoms with E-state index in [1.807, 2.05) is 6.92 Å². The Kier molecular flexibility index (Phi) is 10.4. The van der Waals surface area contributed by atoms with Gasteiger partial charge >= 0.3 is 12.1 Å². The maximum absolute atomic E-state index is 10.9. The molecule has 0 aliphatic carbocycles. The van der Waals surface area contributed by atoms with Crippen LogP contribution in [0.25, 0.3) is 0 Å². The lowest BCUT2D eigenvalue weighted by Crippen LogP contribution is -2.46. The first-order chi connectivity index (χ1) is 6.61.